The van der Waals surface area contributed by atoms with Gasteiger partial charge in [0.05, 0.1) is 28.4 Å². The number of hydrogen-bond donors (Lipinski definition) is 1. The summed E-state index contributed by atoms with van der Waals surface area (Å²) in [4.78, 5) is 23.3. The number of rotatable bonds is 4. The highest BCUT2D eigenvalue weighted by Crippen LogP contribution is 2.33. The number of nitrogens with one attached hydrogen (secondary N) is 1. The second-order valence-electron chi connectivity index (χ2n) is 6.11. The summed E-state index contributed by atoms with van der Waals surface area (Å²) in [5.74, 6) is 0.122. The van der Waals surface area contributed by atoms with Crippen LogP contribution in [-0.2, 0) is 11.3 Å². The standard InChI is InChI=1S/C18H18N4OS/c1-12-5-6-15-16(8-12)24-18(21-15)22-10-13(11-22)17(23)20-9-14-4-2-3-7-19-14/h2-8,13H,9-11H2,1H3,(H,20,23). The predicted molar refractivity (Wildman–Crippen MR) is 96.1 cm³/mol. The lowest BCUT2D eigenvalue weighted by molar-refractivity contribution is -0.125. The summed E-state index contributed by atoms with van der Waals surface area (Å²) in [6.07, 6.45) is 1.74. The van der Waals surface area contributed by atoms with Crippen molar-refractivity contribution in [3.63, 3.8) is 0 Å². The SMILES string of the molecule is Cc1ccc2nc(N3CC(C(=O)NCc4ccccn4)C3)sc2c1. The number of fused-ring (bicyclic) bond motifs is 1. The molecule has 1 aliphatic rings. The summed E-state index contributed by atoms with van der Waals surface area (Å²) in [5, 5.41) is 3.97. The highest BCUT2D eigenvalue weighted by Gasteiger charge is 2.34. The maximum Gasteiger partial charge on any atom is 0.227 e. The highest BCUT2D eigenvalue weighted by molar-refractivity contribution is 7.22. The number of nitrogens with zero attached hydrogens (tertiary/aromatic N) is 3. The molecule has 6 heteroatoms. The minimum Gasteiger partial charge on any atom is -0.350 e. The largest absolute Gasteiger partial charge is 0.350 e. The molecule has 0 radical (unpaired) electrons. The van der Waals surface area contributed by atoms with Crippen molar-refractivity contribution < 1.29 is 4.79 Å². The second kappa shape index (κ2) is 6.20. The van der Waals surface area contributed by atoms with E-state index in [1.165, 1.54) is 10.3 Å². The number of hydrogen-bond acceptors (Lipinski definition) is 5. The molecule has 1 aliphatic heterocycles. The van der Waals surface area contributed by atoms with Gasteiger partial charge in [0.25, 0.3) is 0 Å². The summed E-state index contributed by atoms with van der Waals surface area (Å²) >= 11 is 1.69. The molecule has 0 unspecified atom stereocenters. The van der Waals surface area contributed by atoms with Crippen molar-refractivity contribution in [1.29, 1.82) is 0 Å². The number of carbonyl (C=O) groups excluding carboxylic acids is 1. The lowest BCUT2D eigenvalue weighted by Crippen LogP contribution is -2.53. The molecule has 122 valence electrons. The van der Waals surface area contributed by atoms with Crippen molar-refractivity contribution in [1.82, 2.24) is 15.3 Å². The molecule has 2 aromatic heterocycles. The molecule has 0 bridgehead atoms. The quantitative estimate of drug-likeness (QED) is 0.795. The first kappa shape index (κ1) is 15.1. The van der Waals surface area contributed by atoms with Gasteiger partial charge in [-0.15, -0.1) is 0 Å². The van der Waals surface area contributed by atoms with Crippen molar-refractivity contribution in [3.05, 3.63) is 53.9 Å². The van der Waals surface area contributed by atoms with Crippen molar-refractivity contribution in [2.24, 2.45) is 5.92 Å². The van der Waals surface area contributed by atoms with Crippen LogP contribution in [0.1, 0.15) is 11.3 Å². The van der Waals surface area contributed by atoms with Crippen LogP contribution in [0.3, 0.4) is 0 Å². The first-order chi connectivity index (χ1) is 11.7. The Balaban J connectivity index is 1.34. The molecule has 1 aromatic carbocycles. The number of aromatic nitrogens is 2. The smallest absolute Gasteiger partial charge is 0.227 e. The molecule has 1 N–H and O–H groups in total. The fraction of sp³-hybridized carbons (Fsp3) is 0.278. The number of anilines is 1. The van der Waals surface area contributed by atoms with Gasteiger partial charge >= 0.3 is 0 Å². The van der Waals surface area contributed by atoms with E-state index >= 15 is 0 Å². The summed E-state index contributed by atoms with van der Waals surface area (Å²) in [6.45, 7) is 4.03. The van der Waals surface area contributed by atoms with Crippen LogP contribution in [0.4, 0.5) is 5.13 Å². The van der Waals surface area contributed by atoms with E-state index in [1.807, 2.05) is 18.2 Å². The zero-order valence-electron chi connectivity index (χ0n) is 13.4. The monoisotopic (exact) mass is 338 g/mol. The van der Waals surface area contributed by atoms with Crippen LogP contribution in [-0.4, -0.2) is 29.0 Å². The Labute approximate surface area is 144 Å². The Kier molecular flexibility index (Phi) is 3.90. The predicted octanol–water partition coefficient (Wildman–Crippen LogP) is 2.75. The normalized spacial score (nSPS) is 14.6. The lowest BCUT2D eigenvalue weighted by atomic mass is 10.00. The van der Waals surface area contributed by atoms with Gasteiger partial charge in [-0.3, -0.25) is 9.78 Å². The Bertz CT molecular complexity index is 871. The number of aryl methyl sites for hydroxylation is 1. The Morgan fingerprint density at radius 2 is 2.21 bits per heavy atom. The van der Waals surface area contributed by atoms with Gasteiger partial charge in [0.15, 0.2) is 5.13 Å². The third kappa shape index (κ3) is 2.97. The number of benzene rings is 1. The summed E-state index contributed by atoms with van der Waals surface area (Å²) in [5.41, 5.74) is 3.15. The summed E-state index contributed by atoms with van der Waals surface area (Å²) < 4.78 is 1.20. The number of amides is 1. The van der Waals surface area contributed by atoms with Crippen molar-refractivity contribution >= 4 is 32.6 Å². The average Bonchev–Trinajstić information content (AvgIpc) is 2.95. The second-order valence-corrected chi connectivity index (χ2v) is 7.12. The number of pyridine rings is 1. The molecule has 1 saturated heterocycles. The highest BCUT2D eigenvalue weighted by atomic mass is 32.1. The molecular weight excluding hydrogens is 320 g/mol. The first-order valence-electron chi connectivity index (χ1n) is 7.99. The molecule has 3 heterocycles. The van der Waals surface area contributed by atoms with E-state index in [1.54, 1.807) is 17.5 Å². The fourth-order valence-corrected chi connectivity index (χ4v) is 3.86. The average molecular weight is 338 g/mol. The van der Waals surface area contributed by atoms with E-state index in [-0.39, 0.29) is 11.8 Å². The molecule has 24 heavy (non-hydrogen) atoms. The van der Waals surface area contributed by atoms with Crippen LogP contribution < -0.4 is 10.2 Å². The molecule has 3 aromatic rings. The van der Waals surface area contributed by atoms with Gasteiger partial charge in [-0.1, -0.05) is 23.5 Å². The van der Waals surface area contributed by atoms with Crippen LogP contribution in [0.2, 0.25) is 0 Å². The maximum absolute atomic E-state index is 12.2. The van der Waals surface area contributed by atoms with Crippen LogP contribution in [0.25, 0.3) is 10.2 Å². The Hall–Kier alpha value is -2.47. The van der Waals surface area contributed by atoms with Gasteiger partial charge in [0.1, 0.15) is 0 Å². The van der Waals surface area contributed by atoms with Gasteiger partial charge in [0, 0.05) is 19.3 Å². The van der Waals surface area contributed by atoms with E-state index in [0.29, 0.717) is 6.54 Å². The van der Waals surface area contributed by atoms with E-state index in [0.717, 1.165) is 29.4 Å². The van der Waals surface area contributed by atoms with Gasteiger partial charge in [-0.25, -0.2) is 4.98 Å². The molecule has 4 rings (SSSR count). The summed E-state index contributed by atoms with van der Waals surface area (Å²) in [7, 11) is 0. The number of carbonyl (C=O) groups is 1. The third-order valence-corrected chi connectivity index (χ3v) is 5.30. The molecule has 1 amide bonds. The van der Waals surface area contributed by atoms with Gasteiger partial charge in [-0.05, 0) is 36.8 Å². The molecule has 5 nitrogen and oxygen atoms in total. The zero-order chi connectivity index (χ0) is 16.5. The molecule has 1 fully saturated rings. The topological polar surface area (TPSA) is 58.1 Å². The Morgan fingerprint density at radius 3 is 3.00 bits per heavy atom. The van der Waals surface area contributed by atoms with Crippen LogP contribution in [0.15, 0.2) is 42.6 Å². The molecule has 0 spiro atoms. The third-order valence-electron chi connectivity index (χ3n) is 4.23. The van der Waals surface area contributed by atoms with Gasteiger partial charge in [-0.2, -0.15) is 0 Å². The lowest BCUT2D eigenvalue weighted by Gasteiger charge is -2.37. The van der Waals surface area contributed by atoms with E-state index in [9.17, 15) is 4.79 Å². The van der Waals surface area contributed by atoms with Crippen molar-refractivity contribution in [2.75, 3.05) is 18.0 Å². The van der Waals surface area contributed by atoms with E-state index < -0.39 is 0 Å². The van der Waals surface area contributed by atoms with Gasteiger partial charge in [0.2, 0.25) is 5.91 Å². The molecule has 0 saturated carbocycles. The van der Waals surface area contributed by atoms with E-state index in [4.69, 9.17) is 0 Å². The van der Waals surface area contributed by atoms with Crippen molar-refractivity contribution in [2.45, 2.75) is 13.5 Å². The zero-order valence-corrected chi connectivity index (χ0v) is 14.2. The van der Waals surface area contributed by atoms with Crippen LogP contribution in [0, 0.1) is 12.8 Å². The minimum absolute atomic E-state index is 0.0301. The van der Waals surface area contributed by atoms with Gasteiger partial charge < -0.3 is 10.2 Å². The molecular formula is C18H18N4OS. The fourth-order valence-electron chi connectivity index (χ4n) is 2.78. The molecule has 0 aliphatic carbocycles. The molecule has 0 atom stereocenters. The number of thiazole rings is 1. The Morgan fingerprint density at radius 1 is 1.33 bits per heavy atom. The first-order valence-corrected chi connectivity index (χ1v) is 8.80. The maximum atomic E-state index is 12.2. The van der Waals surface area contributed by atoms with Crippen LogP contribution in [0.5, 0.6) is 0 Å². The van der Waals surface area contributed by atoms with Crippen molar-refractivity contribution in [3.8, 4) is 0 Å². The minimum atomic E-state index is 0.0301. The van der Waals surface area contributed by atoms with Crippen LogP contribution >= 0.6 is 11.3 Å². The summed E-state index contributed by atoms with van der Waals surface area (Å²) in [6, 6.07) is 12.0. The van der Waals surface area contributed by atoms with E-state index in [2.05, 4.69) is 45.3 Å².